The minimum absolute atomic E-state index is 0.0588. The number of alkyl halides is 1. The Morgan fingerprint density at radius 2 is 1.78 bits per heavy atom. The van der Waals surface area contributed by atoms with Gasteiger partial charge in [0.05, 0.1) is 7.11 Å². The molecule has 1 rings (SSSR count). The summed E-state index contributed by atoms with van der Waals surface area (Å²) in [6.07, 6.45) is 0. The van der Waals surface area contributed by atoms with Crippen molar-refractivity contribution in [3.8, 4) is 5.75 Å². The van der Waals surface area contributed by atoms with Crippen molar-refractivity contribution in [2.24, 2.45) is 11.1 Å². The number of ether oxygens (including phenoxy) is 1. The molecular weight excluding hydrogens is 229 g/mol. The largest absolute Gasteiger partial charge is 0.496 e. The summed E-state index contributed by atoms with van der Waals surface area (Å²) in [6, 6.07) is 3.83. The molecule has 0 spiro atoms. The van der Waals surface area contributed by atoms with Gasteiger partial charge in [-0.1, -0.05) is 26.8 Å². The number of benzene rings is 1. The molecule has 2 nitrogen and oxygen atoms in total. The Kier molecular flexibility index (Phi) is 4.06. The molecule has 0 radical (unpaired) electrons. The number of hydrogen-bond donors (Lipinski definition) is 1. The highest BCUT2D eigenvalue weighted by atomic mass is 19.1. The quantitative estimate of drug-likeness (QED) is 0.895. The first-order valence-corrected chi connectivity index (χ1v) is 6.22. The zero-order valence-corrected chi connectivity index (χ0v) is 12.2. The third-order valence-corrected chi connectivity index (χ3v) is 3.53. The fourth-order valence-corrected chi connectivity index (χ4v) is 2.38. The molecule has 0 aliphatic heterocycles. The summed E-state index contributed by atoms with van der Waals surface area (Å²) in [4.78, 5) is 0. The molecular formula is C15H24FNO. The van der Waals surface area contributed by atoms with Crippen LogP contribution < -0.4 is 10.5 Å². The molecule has 0 aliphatic carbocycles. The summed E-state index contributed by atoms with van der Waals surface area (Å²) in [5, 5.41) is 0. The standard InChI is InChI=1S/C15H24FNO/c1-10-7-11(2)13(12(8-10)18-6)15(16,9-17)14(3,4)5/h7-8H,9,17H2,1-6H3. The molecule has 0 bridgehead atoms. The van der Waals surface area contributed by atoms with Crippen molar-refractivity contribution in [1.29, 1.82) is 0 Å². The predicted molar refractivity (Wildman–Crippen MR) is 73.8 cm³/mol. The maximum absolute atomic E-state index is 15.4. The molecule has 1 atom stereocenters. The second-order valence-electron chi connectivity index (χ2n) is 5.91. The van der Waals surface area contributed by atoms with E-state index in [0.717, 1.165) is 11.1 Å². The Labute approximate surface area is 109 Å². The van der Waals surface area contributed by atoms with Gasteiger partial charge in [-0.3, -0.25) is 0 Å². The van der Waals surface area contributed by atoms with Crippen LogP contribution in [0.1, 0.15) is 37.5 Å². The van der Waals surface area contributed by atoms with E-state index in [2.05, 4.69) is 0 Å². The topological polar surface area (TPSA) is 35.2 Å². The van der Waals surface area contributed by atoms with Gasteiger partial charge in [0.15, 0.2) is 5.67 Å². The molecule has 3 heteroatoms. The monoisotopic (exact) mass is 253 g/mol. The lowest BCUT2D eigenvalue weighted by Crippen LogP contribution is -2.43. The van der Waals surface area contributed by atoms with Gasteiger partial charge in [0.2, 0.25) is 0 Å². The van der Waals surface area contributed by atoms with Gasteiger partial charge >= 0.3 is 0 Å². The molecule has 1 aromatic rings. The average molecular weight is 253 g/mol. The van der Waals surface area contributed by atoms with Gasteiger partial charge in [-0.25, -0.2) is 4.39 Å². The average Bonchev–Trinajstić information content (AvgIpc) is 2.25. The Hall–Kier alpha value is -1.09. The first kappa shape index (κ1) is 15.0. The van der Waals surface area contributed by atoms with Crippen molar-refractivity contribution < 1.29 is 9.13 Å². The third-order valence-electron chi connectivity index (χ3n) is 3.53. The molecule has 1 aromatic carbocycles. The van der Waals surface area contributed by atoms with Crippen LogP contribution in [0.15, 0.2) is 12.1 Å². The minimum Gasteiger partial charge on any atom is -0.496 e. The van der Waals surface area contributed by atoms with Crippen LogP contribution in [0.4, 0.5) is 4.39 Å². The van der Waals surface area contributed by atoms with E-state index in [0.29, 0.717) is 11.3 Å². The number of methoxy groups -OCH3 is 1. The Morgan fingerprint density at radius 1 is 1.22 bits per heavy atom. The molecule has 0 aliphatic rings. The molecule has 18 heavy (non-hydrogen) atoms. The van der Waals surface area contributed by atoms with Crippen LogP contribution in [0.3, 0.4) is 0 Å². The number of aryl methyl sites for hydroxylation is 2. The van der Waals surface area contributed by atoms with Gasteiger partial charge in [-0.05, 0) is 31.0 Å². The lowest BCUT2D eigenvalue weighted by atomic mass is 9.72. The van der Waals surface area contributed by atoms with Crippen molar-refractivity contribution in [3.63, 3.8) is 0 Å². The molecule has 1 unspecified atom stereocenters. The molecule has 0 fully saturated rings. The summed E-state index contributed by atoms with van der Waals surface area (Å²) in [5.41, 5.74) is 6.05. The fraction of sp³-hybridized carbons (Fsp3) is 0.600. The summed E-state index contributed by atoms with van der Waals surface area (Å²) >= 11 is 0. The van der Waals surface area contributed by atoms with Crippen LogP contribution in [0.2, 0.25) is 0 Å². The zero-order chi connectivity index (χ0) is 14.1. The Balaban J connectivity index is 3.57. The van der Waals surface area contributed by atoms with Gasteiger partial charge in [0, 0.05) is 17.5 Å². The second-order valence-corrected chi connectivity index (χ2v) is 5.91. The van der Waals surface area contributed by atoms with Crippen molar-refractivity contribution in [2.75, 3.05) is 13.7 Å². The zero-order valence-electron chi connectivity index (χ0n) is 12.2. The number of hydrogen-bond acceptors (Lipinski definition) is 2. The van der Waals surface area contributed by atoms with Crippen molar-refractivity contribution >= 4 is 0 Å². The minimum atomic E-state index is -1.60. The van der Waals surface area contributed by atoms with Gasteiger partial charge in [-0.15, -0.1) is 0 Å². The normalized spacial score (nSPS) is 15.3. The van der Waals surface area contributed by atoms with E-state index < -0.39 is 11.1 Å². The van der Waals surface area contributed by atoms with E-state index in [1.54, 1.807) is 7.11 Å². The smallest absolute Gasteiger partial charge is 0.156 e. The van der Waals surface area contributed by atoms with Crippen LogP contribution in [-0.2, 0) is 5.67 Å². The van der Waals surface area contributed by atoms with Gasteiger partial charge < -0.3 is 10.5 Å². The number of rotatable bonds is 3. The van der Waals surface area contributed by atoms with Crippen LogP contribution in [0, 0.1) is 19.3 Å². The molecule has 102 valence electrons. The van der Waals surface area contributed by atoms with Crippen LogP contribution in [-0.4, -0.2) is 13.7 Å². The highest BCUT2D eigenvalue weighted by molar-refractivity contribution is 5.47. The molecule has 0 aromatic heterocycles. The maximum atomic E-state index is 15.4. The van der Waals surface area contributed by atoms with Crippen LogP contribution in [0.25, 0.3) is 0 Å². The SMILES string of the molecule is COc1cc(C)cc(C)c1C(F)(CN)C(C)(C)C. The van der Waals surface area contributed by atoms with Crippen molar-refractivity contribution in [2.45, 2.75) is 40.3 Å². The molecule has 0 saturated carbocycles. The Bertz CT molecular complexity index is 437. The lowest BCUT2D eigenvalue weighted by Gasteiger charge is -2.39. The summed E-state index contributed by atoms with van der Waals surface area (Å²) in [6.45, 7) is 9.39. The van der Waals surface area contributed by atoms with E-state index in [-0.39, 0.29) is 6.54 Å². The molecule has 0 heterocycles. The summed E-state index contributed by atoms with van der Waals surface area (Å²) in [7, 11) is 1.57. The van der Waals surface area contributed by atoms with E-state index in [1.165, 1.54) is 0 Å². The lowest BCUT2D eigenvalue weighted by molar-refractivity contribution is 0.0312. The van der Waals surface area contributed by atoms with E-state index in [9.17, 15) is 0 Å². The fourth-order valence-electron chi connectivity index (χ4n) is 2.38. The van der Waals surface area contributed by atoms with Gasteiger partial charge in [-0.2, -0.15) is 0 Å². The predicted octanol–water partition coefficient (Wildman–Crippen LogP) is 3.48. The highest BCUT2D eigenvalue weighted by Gasteiger charge is 2.45. The number of nitrogens with two attached hydrogens (primary N) is 1. The van der Waals surface area contributed by atoms with Crippen molar-refractivity contribution in [1.82, 2.24) is 0 Å². The first-order chi connectivity index (χ1) is 8.17. The van der Waals surface area contributed by atoms with E-state index in [1.807, 2.05) is 46.8 Å². The third kappa shape index (κ3) is 2.37. The highest BCUT2D eigenvalue weighted by Crippen LogP contribution is 2.47. The number of halogens is 1. The second kappa shape index (κ2) is 4.88. The van der Waals surface area contributed by atoms with E-state index >= 15 is 4.39 Å². The van der Waals surface area contributed by atoms with Crippen LogP contribution >= 0.6 is 0 Å². The molecule has 2 N–H and O–H groups in total. The van der Waals surface area contributed by atoms with E-state index in [4.69, 9.17) is 10.5 Å². The maximum Gasteiger partial charge on any atom is 0.156 e. The molecule has 0 amide bonds. The van der Waals surface area contributed by atoms with Gasteiger partial charge in [0.25, 0.3) is 0 Å². The summed E-state index contributed by atoms with van der Waals surface area (Å²) in [5.74, 6) is 0.579. The van der Waals surface area contributed by atoms with Crippen molar-refractivity contribution in [3.05, 3.63) is 28.8 Å². The summed E-state index contributed by atoms with van der Waals surface area (Å²) < 4.78 is 20.7. The molecule has 0 saturated heterocycles. The van der Waals surface area contributed by atoms with Crippen LogP contribution in [0.5, 0.6) is 5.75 Å². The Morgan fingerprint density at radius 3 is 2.17 bits per heavy atom. The van der Waals surface area contributed by atoms with Gasteiger partial charge in [0.1, 0.15) is 5.75 Å². The first-order valence-electron chi connectivity index (χ1n) is 6.22.